The van der Waals surface area contributed by atoms with Crippen molar-refractivity contribution in [3.63, 3.8) is 0 Å². The summed E-state index contributed by atoms with van der Waals surface area (Å²) in [6.07, 6.45) is 0.170. The summed E-state index contributed by atoms with van der Waals surface area (Å²) in [4.78, 5) is 10.7. The quantitative estimate of drug-likeness (QED) is 0.743. The maximum Gasteiger partial charge on any atom is 0.323 e. The first-order valence-corrected chi connectivity index (χ1v) is 4.26. The van der Waals surface area contributed by atoms with Gasteiger partial charge >= 0.3 is 5.97 Å². The molecule has 0 unspecified atom stereocenters. The van der Waals surface area contributed by atoms with E-state index in [9.17, 15) is 9.28 Å². The molecule has 0 aliphatic heterocycles. The van der Waals surface area contributed by atoms with E-state index >= 15 is 0 Å². The maximum absolute atomic E-state index is 12.8. The standard InChI is InChI=1S/C10H12FNO2/c1-12(11)9(10(13)14)7-8-5-3-2-4-6-8/h2-6,9H,7H2,1H3,(H,13,14)/t9-/m0/s1. The molecule has 4 heteroatoms. The molecule has 0 amide bonds. The van der Waals surface area contributed by atoms with Gasteiger partial charge in [0.15, 0.2) is 0 Å². The van der Waals surface area contributed by atoms with Crippen molar-refractivity contribution in [3.05, 3.63) is 35.9 Å². The van der Waals surface area contributed by atoms with Gasteiger partial charge in [0, 0.05) is 13.5 Å². The van der Waals surface area contributed by atoms with Crippen molar-refractivity contribution in [2.45, 2.75) is 12.5 Å². The lowest BCUT2D eigenvalue weighted by molar-refractivity contribution is -0.149. The van der Waals surface area contributed by atoms with Crippen molar-refractivity contribution in [1.82, 2.24) is 5.12 Å². The smallest absolute Gasteiger partial charge is 0.323 e. The lowest BCUT2D eigenvalue weighted by atomic mass is 10.1. The van der Waals surface area contributed by atoms with Gasteiger partial charge in [-0.05, 0) is 5.56 Å². The number of nitrogens with zero attached hydrogens (tertiary/aromatic N) is 1. The summed E-state index contributed by atoms with van der Waals surface area (Å²) in [5.41, 5.74) is 0.810. The molecule has 0 saturated carbocycles. The minimum atomic E-state index is -1.15. The Kier molecular flexibility index (Phi) is 3.59. The lowest BCUT2D eigenvalue weighted by Gasteiger charge is -2.15. The predicted molar refractivity (Wildman–Crippen MR) is 50.4 cm³/mol. The normalized spacial score (nSPS) is 12.8. The van der Waals surface area contributed by atoms with Crippen LogP contribution in [0.2, 0.25) is 0 Å². The lowest BCUT2D eigenvalue weighted by Crippen LogP contribution is -2.34. The Morgan fingerprint density at radius 1 is 1.50 bits per heavy atom. The van der Waals surface area contributed by atoms with E-state index in [1.807, 2.05) is 6.07 Å². The number of carboxylic acids is 1. The number of likely N-dealkylation sites (N-methyl/N-ethyl adjacent to an activating group) is 1. The molecular formula is C10H12FNO2. The second-order valence-electron chi connectivity index (χ2n) is 3.07. The third kappa shape index (κ3) is 2.81. The Labute approximate surface area is 81.7 Å². The largest absolute Gasteiger partial charge is 0.480 e. The Morgan fingerprint density at radius 2 is 2.07 bits per heavy atom. The first-order valence-electron chi connectivity index (χ1n) is 4.26. The molecule has 0 aromatic heterocycles. The first-order chi connectivity index (χ1) is 6.61. The van der Waals surface area contributed by atoms with E-state index < -0.39 is 12.0 Å². The number of benzene rings is 1. The van der Waals surface area contributed by atoms with Crippen molar-refractivity contribution in [1.29, 1.82) is 0 Å². The molecule has 76 valence electrons. The van der Waals surface area contributed by atoms with Gasteiger partial charge in [-0.25, -0.2) is 0 Å². The fourth-order valence-electron chi connectivity index (χ4n) is 1.20. The first kappa shape index (κ1) is 10.7. The topological polar surface area (TPSA) is 40.5 Å². The molecule has 0 spiro atoms. The van der Waals surface area contributed by atoms with Gasteiger partial charge in [0.2, 0.25) is 0 Å². The molecule has 0 bridgehead atoms. The van der Waals surface area contributed by atoms with Gasteiger partial charge in [-0.15, -0.1) is 9.60 Å². The van der Waals surface area contributed by atoms with Crippen LogP contribution in [-0.2, 0) is 11.2 Å². The second kappa shape index (κ2) is 4.72. The van der Waals surface area contributed by atoms with Crippen LogP contribution in [0.3, 0.4) is 0 Å². The van der Waals surface area contributed by atoms with E-state index in [-0.39, 0.29) is 11.5 Å². The van der Waals surface area contributed by atoms with Gasteiger partial charge in [0.25, 0.3) is 0 Å². The van der Waals surface area contributed by atoms with Gasteiger partial charge in [-0.3, -0.25) is 4.79 Å². The molecule has 1 atom stereocenters. The van der Waals surface area contributed by atoms with Crippen LogP contribution in [0.15, 0.2) is 30.3 Å². The zero-order valence-electron chi connectivity index (χ0n) is 7.85. The van der Waals surface area contributed by atoms with Crippen molar-refractivity contribution >= 4 is 5.97 Å². The van der Waals surface area contributed by atoms with E-state index in [1.165, 1.54) is 0 Å². The van der Waals surface area contributed by atoms with Crippen LogP contribution in [0.4, 0.5) is 4.48 Å². The second-order valence-corrected chi connectivity index (χ2v) is 3.07. The Balaban J connectivity index is 2.70. The maximum atomic E-state index is 12.8. The van der Waals surface area contributed by atoms with Crippen LogP contribution < -0.4 is 0 Å². The fourth-order valence-corrected chi connectivity index (χ4v) is 1.20. The predicted octanol–water partition coefficient (Wildman–Crippen LogP) is 1.50. The van der Waals surface area contributed by atoms with E-state index in [1.54, 1.807) is 24.3 Å². The zero-order valence-corrected chi connectivity index (χ0v) is 7.85. The SMILES string of the molecule is CN(F)[C@@H](Cc1ccccc1)C(=O)O. The van der Waals surface area contributed by atoms with Crippen molar-refractivity contribution in [3.8, 4) is 0 Å². The molecule has 14 heavy (non-hydrogen) atoms. The van der Waals surface area contributed by atoms with Crippen molar-refractivity contribution < 1.29 is 14.4 Å². The summed E-state index contributed by atoms with van der Waals surface area (Å²) < 4.78 is 12.8. The van der Waals surface area contributed by atoms with Gasteiger partial charge in [0.05, 0.1) is 0 Å². The molecule has 1 rings (SSSR count). The molecular weight excluding hydrogens is 185 g/mol. The van der Waals surface area contributed by atoms with Crippen LogP contribution in [0, 0.1) is 0 Å². The number of hydrogen-bond acceptors (Lipinski definition) is 2. The Bertz CT molecular complexity index is 300. The minimum Gasteiger partial charge on any atom is -0.480 e. The van der Waals surface area contributed by atoms with E-state index in [2.05, 4.69) is 0 Å². The van der Waals surface area contributed by atoms with Crippen LogP contribution in [0.1, 0.15) is 5.56 Å². The number of carbonyl (C=O) groups is 1. The van der Waals surface area contributed by atoms with Crippen LogP contribution in [0.5, 0.6) is 0 Å². The highest BCUT2D eigenvalue weighted by atomic mass is 19.2. The number of aliphatic carboxylic acids is 1. The van der Waals surface area contributed by atoms with Crippen molar-refractivity contribution in [2.75, 3.05) is 7.05 Å². The van der Waals surface area contributed by atoms with Crippen LogP contribution in [0.25, 0.3) is 0 Å². The van der Waals surface area contributed by atoms with Crippen LogP contribution in [-0.4, -0.2) is 29.3 Å². The third-order valence-electron chi connectivity index (χ3n) is 1.99. The highest BCUT2D eigenvalue weighted by Gasteiger charge is 2.22. The molecule has 1 N–H and O–H groups in total. The highest BCUT2D eigenvalue weighted by Crippen LogP contribution is 2.08. The van der Waals surface area contributed by atoms with Gasteiger partial charge in [0.1, 0.15) is 6.04 Å². The zero-order chi connectivity index (χ0) is 10.6. The van der Waals surface area contributed by atoms with Gasteiger partial charge in [-0.1, -0.05) is 30.3 Å². The van der Waals surface area contributed by atoms with Crippen molar-refractivity contribution in [2.24, 2.45) is 0 Å². The third-order valence-corrected chi connectivity index (χ3v) is 1.99. The molecule has 0 heterocycles. The van der Waals surface area contributed by atoms with E-state index in [0.29, 0.717) is 0 Å². The summed E-state index contributed by atoms with van der Waals surface area (Å²) in [6.45, 7) is 0. The summed E-state index contributed by atoms with van der Waals surface area (Å²) in [7, 11) is 1.11. The summed E-state index contributed by atoms with van der Waals surface area (Å²) >= 11 is 0. The minimum absolute atomic E-state index is 0.170. The fraction of sp³-hybridized carbons (Fsp3) is 0.300. The molecule has 0 fully saturated rings. The highest BCUT2D eigenvalue weighted by molar-refractivity contribution is 5.73. The molecule has 0 saturated heterocycles. The molecule has 1 aromatic rings. The average Bonchev–Trinajstić information content (AvgIpc) is 2.15. The number of halogens is 1. The summed E-state index contributed by atoms with van der Waals surface area (Å²) in [5.74, 6) is -1.15. The van der Waals surface area contributed by atoms with Crippen LogP contribution >= 0.6 is 0 Å². The van der Waals surface area contributed by atoms with E-state index in [4.69, 9.17) is 5.11 Å². The molecule has 0 aliphatic rings. The Hall–Kier alpha value is -1.42. The number of carboxylic acid groups (broad SMARTS) is 1. The average molecular weight is 197 g/mol. The molecule has 3 nitrogen and oxygen atoms in total. The molecule has 0 aliphatic carbocycles. The summed E-state index contributed by atoms with van der Waals surface area (Å²) in [5, 5.41) is 8.94. The van der Waals surface area contributed by atoms with Gasteiger partial charge < -0.3 is 5.11 Å². The van der Waals surface area contributed by atoms with Gasteiger partial charge in [-0.2, -0.15) is 0 Å². The molecule has 1 aromatic carbocycles. The van der Waals surface area contributed by atoms with E-state index in [0.717, 1.165) is 12.6 Å². The monoisotopic (exact) mass is 197 g/mol. The number of rotatable bonds is 4. The summed E-state index contributed by atoms with van der Waals surface area (Å²) in [6, 6.07) is 7.87. The number of hydrogen-bond donors (Lipinski definition) is 1. The Morgan fingerprint density at radius 3 is 2.50 bits per heavy atom. The molecule has 0 radical (unpaired) electrons.